The van der Waals surface area contributed by atoms with E-state index < -0.39 is 6.04 Å². The standard InChI is InChI=1S/C13H14N2OS/c1-9-13(17-8-15-9)11-4-2-10(3-5-11)6-12(14)7-16/h2-5,7-8,12H,6,14H2,1H3/t12-/m0/s1. The molecule has 1 atom stereocenters. The van der Waals surface area contributed by atoms with Gasteiger partial charge in [0.1, 0.15) is 6.29 Å². The number of hydrogen-bond donors (Lipinski definition) is 1. The highest BCUT2D eigenvalue weighted by atomic mass is 32.1. The first-order valence-electron chi connectivity index (χ1n) is 5.41. The van der Waals surface area contributed by atoms with E-state index in [1.807, 2.05) is 36.7 Å². The van der Waals surface area contributed by atoms with E-state index in [1.165, 1.54) is 4.88 Å². The predicted molar refractivity (Wildman–Crippen MR) is 70.0 cm³/mol. The first kappa shape index (κ1) is 12.0. The highest BCUT2D eigenvalue weighted by Crippen LogP contribution is 2.27. The molecule has 88 valence electrons. The van der Waals surface area contributed by atoms with Crippen molar-refractivity contribution in [1.82, 2.24) is 4.98 Å². The first-order valence-corrected chi connectivity index (χ1v) is 6.29. The van der Waals surface area contributed by atoms with E-state index in [1.54, 1.807) is 11.3 Å². The molecular formula is C13H14N2OS. The molecule has 0 spiro atoms. The van der Waals surface area contributed by atoms with Gasteiger partial charge < -0.3 is 10.5 Å². The maximum Gasteiger partial charge on any atom is 0.137 e. The van der Waals surface area contributed by atoms with Gasteiger partial charge in [-0.3, -0.25) is 0 Å². The van der Waals surface area contributed by atoms with Crippen LogP contribution in [0.25, 0.3) is 10.4 Å². The Morgan fingerprint density at radius 2 is 2.12 bits per heavy atom. The van der Waals surface area contributed by atoms with Crippen molar-refractivity contribution < 1.29 is 4.79 Å². The summed E-state index contributed by atoms with van der Waals surface area (Å²) in [5.41, 5.74) is 10.7. The highest BCUT2D eigenvalue weighted by molar-refractivity contribution is 7.13. The van der Waals surface area contributed by atoms with Crippen molar-refractivity contribution in [1.29, 1.82) is 0 Å². The lowest BCUT2D eigenvalue weighted by molar-refractivity contribution is -0.108. The summed E-state index contributed by atoms with van der Waals surface area (Å²) < 4.78 is 0. The smallest absolute Gasteiger partial charge is 0.137 e. The number of benzene rings is 1. The van der Waals surface area contributed by atoms with Gasteiger partial charge in [-0.15, -0.1) is 11.3 Å². The first-order chi connectivity index (χ1) is 8.20. The number of carbonyl (C=O) groups is 1. The van der Waals surface area contributed by atoms with E-state index in [0.717, 1.165) is 23.1 Å². The number of carbonyl (C=O) groups excluding carboxylic acids is 1. The lowest BCUT2D eigenvalue weighted by atomic mass is 10.0. The van der Waals surface area contributed by atoms with Gasteiger partial charge in [-0.1, -0.05) is 24.3 Å². The van der Waals surface area contributed by atoms with Gasteiger partial charge in [0.05, 0.1) is 22.1 Å². The normalized spacial score (nSPS) is 12.4. The summed E-state index contributed by atoms with van der Waals surface area (Å²) in [4.78, 5) is 15.9. The van der Waals surface area contributed by atoms with Crippen LogP contribution >= 0.6 is 11.3 Å². The molecule has 0 aliphatic heterocycles. The van der Waals surface area contributed by atoms with E-state index in [2.05, 4.69) is 4.98 Å². The maximum atomic E-state index is 10.5. The van der Waals surface area contributed by atoms with E-state index >= 15 is 0 Å². The van der Waals surface area contributed by atoms with Gasteiger partial charge in [-0.2, -0.15) is 0 Å². The van der Waals surface area contributed by atoms with E-state index in [0.29, 0.717) is 6.42 Å². The molecule has 4 heteroatoms. The minimum atomic E-state index is -0.411. The summed E-state index contributed by atoms with van der Waals surface area (Å²) in [7, 11) is 0. The number of nitrogens with two attached hydrogens (primary N) is 1. The van der Waals surface area contributed by atoms with Gasteiger partial charge in [0.15, 0.2) is 0 Å². The fourth-order valence-electron chi connectivity index (χ4n) is 1.69. The lowest BCUT2D eigenvalue weighted by Crippen LogP contribution is -2.23. The number of aryl methyl sites for hydroxylation is 1. The number of aromatic nitrogens is 1. The Hall–Kier alpha value is -1.52. The third-order valence-corrected chi connectivity index (χ3v) is 3.59. The van der Waals surface area contributed by atoms with Gasteiger partial charge in [-0.05, 0) is 24.5 Å². The second kappa shape index (κ2) is 5.21. The van der Waals surface area contributed by atoms with Crippen molar-refractivity contribution in [2.24, 2.45) is 5.73 Å². The molecular weight excluding hydrogens is 232 g/mol. The molecule has 0 radical (unpaired) electrons. The van der Waals surface area contributed by atoms with E-state index in [9.17, 15) is 4.79 Å². The monoisotopic (exact) mass is 246 g/mol. The van der Waals surface area contributed by atoms with Crippen LogP contribution in [-0.2, 0) is 11.2 Å². The second-order valence-electron chi connectivity index (χ2n) is 3.97. The Labute approximate surface area is 104 Å². The van der Waals surface area contributed by atoms with Crippen LogP contribution in [-0.4, -0.2) is 17.3 Å². The quantitative estimate of drug-likeness (QED) is 0.841. The third kappa shape index (κ3) is 2.78. The minimum absolute atomic E-state index is 0.411. The number of hydrogen-bond acceptors (Lipinski definition) is 4. The van der Waals surface area contributed by atoms with Gasteiger partial charge in [0.2, 0.25) is 0 Å². The van der Waals surface area contributed by atoms with E-state index in [4.69, 9.17) is 5.73 Å². The van der Waals surface area contributed by atoms with Gasteiger partial charge in [-0.25, -0.2) is 4.98 Å². The van der Waals surface area contributed by atoms with Crippen LogP contribution in [0.5, 0.6) is 0 Å². The van der Waals surface area contributed by atoms with Crippen molar-refractivity contribution in [2.75, 3.05) is 0 Å². The van der Waals surface area contributed by atoms with Crippen molar-refractivity contribution in [3.05, 3.63) is 41.0 Å². The van der Waals surface area contributed by atoms with Crippen LogP contribution in [0.3, 0.4) is 0 Å². The van der Waals surface area contributed by atoms with Gasteiger partial charge in [0, 0.05) is 0 Å². The zero-order valence-corrected chi connectivity index (χ0v) is 10.4. The molecule has 0 aliphatic carbocycles. The summed E-state index contributed by atoms with van der Waals surface area (Å²) in [5, 5.41) is 0. The third-order valence-electron chi connectivity index (χ3n) is 2.61. The molecule has 3 nitrogen and oxygen atoms in total. The average molecular weight is 246 g/mol. The molecule has 0 unspecified atom stereocenters. The van der Waals surface area contributed by atoms with Crippen LogP contribution in [0.15, 0.2) is 29.8 Å². The molecule has 2 aromatic rings. The number of thiazole rings is 1. The molecule has 1 aromatic heterocycles. The lowest BCUT2D eigenvalue weighted by Gasteiger charge is -2.05. The fourth-order valence-corrected chi connectivity index (χ4v) is 2.50. The van der Waals surface area contributed by atoms with Gasteiger partial charge >= 0.3 is 0 Å². The molecule has 0 saturated heterocycles. The molecule has 17 heavy (non-hydrogen) atoms. The Balaban J connectivity index is 2.19. The van der Waals surface area contributed by atoms with Crippen LogP contribution in [0.2, 0.25) is 0 Å². The number of aldehydes is 1. The molecule has 0 aliphatic rings. The van der Waals surface area contributed by atoms with Crippen LogP contribution in [0, 0.1) is 6.92 Å². The zero-order chi connectivity index (χ0) is 12.3. The minimum Gasteiger partial charge on any atom is -0.321 e. The second-order valence-corrected chi connectivity index (χ2v) is 4.82. The van der Waals surface area contributed by atoms with Crippen LogP contribution < -0.4 is 5.73 Å². The van der Waals surface area contributed by atoms with Crippen LogP contribution in [0.4, 0.5) is 0 Å². The summed E-state index contributed by atoms with van der Waals surface area (Å²) in [6.45, 7) is 2.00. The Kier molecular flexibility index (Phi) is 3.66. The van der Waals surface area contributed by atoms with Gasteiger partial charge in [0.25, 0.3) is 0 Å². The molecule has 0 amide bonds. The van der Waals surface area contributed by atoms with Crippen molar-refractivity contribution in [3.8, 4) is 10.4 Å². The molecule has 1 aromatic carbocycles. The highest BCUT2D eigenvalue weighted by Gasteiger charge is 2.06. The SMILES string of the molecule is Cc1ncsc1-c1ccc(C[C@H](N)C=O)cc1. The van der Waals surface area contributed by atoms with Crippen molar-refractivity contribution >= 4 is 17.6 Å². The molecule has 2 N–H and O–H groups in total. The molecule has 2 rings (SSSR count). The Morgan fingerprint density at radius 3 is 2.65 bits per heavy atom. The Bertz CT molecular complexity index is 504. The van der Waals surface area contributed by atoms with Crippen LogP contribution in [0.1, 0.15) is 11.3 Å². The van der Waals surface area contributed by atoms with Crippen molar-refractivity contribution in [3.63, 3.8) is 0 Å². The summed E-state index contributed by atoms with van der Waals surface area (Å²) in [5.74, 6) is 0. The molecule has 0 bridgehead atoms. The predicted octanol–water partition coefficient (Wildman–Crippen LogP) is 2.19. The number of rotatable bonds is 4. The molecule has 0 saturated carbocycles. The molecule has 1 heterocycles. The van der Waals surface area contributed by atoms with E-state index in [-0.39, 0.29) is 0 Å². The summed E-state index contributed by atoms with van der Waals surface area (Å²) >= 11 is 1.63. The largest absolute Gasteiger partial charge is 0.321 e. The Morgan fingerprint density at radius 1 is 1.41 bits per heavy atom. The molecule has 0 fully saturated rings. The van der Waals surface area contributed by atoms with Crippen molar-refractivity contribution in [2.45, 2.75) is 19.4 Å². The number of nitrogens with zero attached hydrogens (tertiary/aromatic N) is 1. The topological polar surface area (TPSA) is 56.0 Å². The summed E-state index contributed by atoms with van der Waals surface area (Å²) in [6, 6.07) is 7.71. The average Bonchev–Trinajstić information content (AvgIpc) is 2.76. The maximum absolute atomic E-state index is 10.5. The summed E-state index contributed by atoms with van der Waals surface area (Å²) in [6.07, 6.45) is 1.37. The zero-order valence-electron chi connectivity index (χ0n) is 9.59. The fraction of sp³-hybridized carbons (Fsp3) is 0.231.